The van der Waals surface area contributed by atoms with Gasteiger partial charge >= 0.3 is 23.9 Å². The summed E-state index contributed by atoms with van der Waals surface area (Å²) in [6.45, 7) is 10.2. The van der Waals surface area contributed by atoms with Crippen molar-refractivity contribution in [3.63, 3.8) is 0 Å². The molecule has 0 N–H and O–H groups in total. The van der Waals surface area contributed by atoms with E-state index in [-0.39, 0.29) is 17.3 Å². The minimum Gasteiger partial charge on any atom is -0.466 e. The van der Waals surface area contributed by atoms with Gasteiger partial charge in [0.2, 0.25) is 0 Å². The van der Waals surface area contributed by atoms with Crippen LogP contribution in [0, 0.1) is 5.92 Å². The van der Waals surface area contributed by atoms with Crippen LogP contribution in [-0.4, -0.2) is 61.0 Å². The Morgan fingerprint density at radius 1 is 1.25 bits per heavy atom. The smallest absolute Gasteiger partial charge is 0.341 e. The molecule has 2 aliphatic heterocycles. The van der Waals surface area contributed by atoms with Crippen LogP contribution in [0.5, 0.6) is 0 Å². The van der Waals surface area contributed by atoms with E-state index in [1.54, 1.807) is 26.0 Å². The summed E-state index contributed by atoms with van der Waals surface area (Å²) >= 11 is 0. The zero-order valence-corrected chi connectivity index (χ0v) is 18.8. The minimum atomic E-state index is -1.34. The van der Waals surface area contributed by atoms with Crippen molar-refractivity contribution >= 4 is 23.9 Å². The van der Waals surface area contributed by atoms with Gasteiger partial charge in [0, 0.05) is 12.5 Å². The topological polar surface area (TPSA) is 118 Å². The van der Waals surface area contributed by atoms with Crippen LogP contribution < -0.4 is 0 Å². The molecule has 0 unspecified atom stereocenters. The highest BCUT2D eigenvalue weighted by molar-refractivity contribution is 5.93. The van der Waals surface area contributed by atoms with Gasteiger partial charge in [0.15, 0.2) is 17.8 Å². The van der Waals surface area contributed by atoms with E-state index in [1.165, 1.54) is 14.0 Å². The molecule has 3 aliphatic rings. The van der Waals surface area contributed by atoms with Crippen molar-refractivity contribution in [3.05, 3.63) is 35.5 Å². The van der Waals surface area contributed by atoms with E-state index in [9.17, 15) is 19.2 Å². The second-order valence-electron chi connectivity index (χ2n) is 8.39. The largest absolute Gasteiger partial charge is 0.466 e. The predicted octanol–water partition coefficient (Wildman–Crippen LogP) is 1.94. The lowest BCUT2D eigenvalue weighted by Gasteiger charge is -2.33. The van der Waals surface area contributed by atoms with E-state index in [0.717, 1.165) is 5.57 Å². The fourth-order valence-corrected chi connectivity index (χ4v) is 3.98. The summed E-state index contributed by atoms with van der Waals surface area (Å²) in [7, 11) is 1.20. The summed E-state index contributed by atoms with van der Waals surface area (Å²) < 4.78 is 27.1. The number of hydrogen-bond acceptors (Lipinski definition) is 9. The lowest BCUT2D eigenvalue weighted by Crippen LogP contribution is -2.47. The summed E-state index contributed by atoms with van der Waals surface area (Å²) in [6, 6.07) is 0. The first kappa shape index (κ1) is 23.7. The number of ether oxygens (including phenoxy) is 5. The van der Waals surface area contributed by atoms with Crippen molar-refractivity contribution in [1.82, 2.24) is 0 Å². The molecule has 0 aromatic rings. The van der Waals surface area contributed by atoms with E-state index >= 15 is 0 Å². The molecule has 0 saturated carbocycles. The highest BCUT2D eigenvalue weighted by Crippen LogP contribution is 2.41. The third kappa shape index (κ3) is 4.48. The van der Waals surface area contributed by atoms with Crippen LogP contribution in [0.2, 0.25) is 0 Å². The predicted molar refractivity (Wildman–Crippen MR) is 110 cm³/mol. The highest BCUT2D eigenvalue weighted by Gasteiger charge is 2.59. The first-order valence-corrected chi connectivity index (χ1v) is 10.4. The van der Waals surface area contributed by atoms with Gasteiger partial charge in [-0.2, -0.15) is 0 Å². The van der Waals surface area contributed by atoms with E-state index in [0.29, 0.717) is 12.8 Å². The third-order valence-corrected chi connectivity index (χ3v) is 6.07. The van der Waals surface area contributed by atoms with Crippen LogP contribution in [0.3, 0.4) is 0 Å². The molecule has 32 heavy (non-hydrogen) atoms. The van der Waals surface area contributed by atoms with Crippen molar-refractivity contribution in [2.24, 2.45) is 5.92 Å². The number of epoxide rings is 1. The third-order valence-electron chi connectivity index (χ3n) is 6.07. The van der Waals surface area contributed by atoms with Crippen LogP contribution >= 0.6 is 0 Å². The van der Waals surface area contributed by atoms with Gasteiger partial charge in [0.25, 0.3) is 0 Å². The normalized spacial score (nSPS) is 37.6. The van der Waals surface area contributed by atoms with E-state index in [1.807, 2.05) is 6.92 Å². The van der Waals surface area contributed by atoms with Gasteiger partial charge in [-0.15, -0.1) is 0 Å². The van der Waals surface area contributed by atoms with Crippen LogP contribution in [0.15, 0.2) is 35.5 Å². The Morgan fingerprint density at radius 3 is 2.47 bits per heavy atom. The van der Waals surface area contributed by atoms with Gasteiger partial charge in [0.1, 0.15) is 6.10 Å². The van der Waals surface area contributed by atoms with Crippen LogP contribution in [0.1, 0.15) is 40.5 Å². The second-order valence-corrected chi connectivity index (χ2v) is 8.39. The molecule has 0 radical (unpaired) electrons. The van der Waals surface area contributed by atoms with Crippen molar-refractivity contribution < 1.29 is 42.9 Å². The summed E-state index contributed by atoms with van der Waals surface area (Å²) in [5.74, 6) is -3.70. The fraction of sp³-hybridized carbons (Fsp3) is 0.565. The lowest BCUT2D eigenvalue weighted by molar-refractivity contribution is -0.173. The average Bonchev–Trinajstić information content (AvgIpc) is 3.25. The Morgan fingerprint density at radius 2 is 1.91 bits per heavy atom. The number of allylic oxidation sites excluding steroid dienone is 2. The molecule has 0 amide bonds. The average molecular weight is 448 g/mol. The lowest BCUT2D eigenvalue weighted by atomic mass is 9.83. The number of carbonyl (C=O) groups excluding carboxylic acids is 4. The summed E-state index contributed by atoms with van der Waals surface area (Å²) in [5, 5.41) is 0. The summed E-state index contributed by atoms with van der Waals surface area (Å²) in [4.78, 5) is 50.0. The quantitative estimate of drug-likeness (QED) is 0.209. The Balaban J connectivity index is 2.14. The van der Waals surface area contributed by atoms with Crippen LogP contribution in [0.25, 0.3) is 0 Å². The zero-order valence-electron chi connectivity index (χ0n) is 18.8. The number of carbonyl (C=O) groups is 4. The molecule has 0 aromatic heterocycles. The first-order chi connectivity index (χ1) is 15.0. The van der Waals surface area contributed by atoms with Crippen LogP contribution in [-0.2, 0) is 42.9 Å². The molecular formula is C23H28O9. The zero-order chi connectivity index (χ0) is 23.8. The molecule has 0 bridgehead atoms. The SMILES string of the molecule is C=C1C(=O)O[C@@H]2/C=C(\C)CC/C=C(/C(=O)OC)[C@H](OC(C)=O)[C@@H](OC(=O)[C@@]3(C)O[C@@H]3C)[C@@H]12. The fourth-order valence-electron chi connectivity index (χ4n) is 3.98. The van der Waals surface area contributed by atoms with Crippen LogP contribution in [0.4, 0.5) is 0 Å². The van der Waals surface area contributed by atoms with Gasteiger partial charge < -0.3 is 23.7 Å². The Bertz CT molecular complexity index is 914. The Labute approximate surface area is 186 Å². The molecule has 9 heteroatoms. The van der Waals surface area contributed by atoms with E-state index in [4.69, 9.17) is 23.7 Å². The standard InChI is InChI=1S/C23H28O9/c1-11-8-7-9-15(21(26)28-6)18(29-14(4)24)19(31-22(27)23(5)13(3)32-23)17-12(2)20(25)30-16(17)10-11/h9-10,13,16-19H,2,7-8H2,1,3-6H3/b11-10+,15-9+/t13-,16-,17+,18+,19+,23+/m1/s1. The van der Waals surface area contributed by atoms with Crippen molar-refractivity contribution in [1.29, 1.82) is 0 Å². The number of rotatable bonds is 4. The molecule has 174 valence electrons. The van der Waals surface area contributed by atoms with Gasteiger partial charge in [-0.25, -0.2) is 14.4 Å². The molecule has 2 saturated heterocycles. The number of esters is 4. The molecule has 9 nitrogen and oxygen atoms in total. The number of hydrogen-bond donors (Lipinski definition) is 0. The van der Waals surface area contributed by atoms with Crippen molar-refractivity contribution in [2.75, 3.05) is 7.11 Å². The molecule has 0 spiro atoms. The maximum atomic E-state index is 13.0. The molecule has 3 rings (SSSR count). The minimum absolute atomic E-state index is 0.0102. The van der Waals surface area contributed by atoms with Crippen molar-refractivity contribution in [3.8, 4) is 0 Å². The molecule has 2 fully saturated rings. The van der Waals surface area contributed by atoms with Gasteiger partial charge in [0.05, 0.1) is 24.7 Å². The number of methoxy groups -OCH3 is 1. The maximum absolute atomic E-state index is 13.0. The number of fused-ring (bicyclic) bond motifs is 1. The van der Waals surface area contributed by atoms with Crippen molar-refractivity contribution in [2.45, 2.75) is 70.6 Å². The Kier molecular flexibility index (Phi) is 6.59. The highest BCUT2D eigenvalue weighted by atomic mass is 16.7. The second kappa shape index (κ2) is 8.90. The molecular weight excluding hydrogens is 420 g/mol. The summed E-state index contributed by atoms with van der Waals surface area (Å²) in [6.07, 6.45) is 0.540. The van der Waals surface area contributed by atoms with E-state index < -0.39 is 53.7 Å². The molecule has 6 atom stereocenters. The van der Waals surface area contributed by atoms with Gasteiger partial charge in [-0.05, 0) is 39.7 Å². The van der Waals surface area contributed by atoms with Gasteiger partial charge in [-0.3, -0.25) is 4.79 Å². The van der Waals surface area contributed by atoms with E-state index in [2.05, 4.69) is 6.58 Å². The maximum Gasteiger partial charge on any atom is 0.341 e. The van der Waals surface area contributed by atoms with Gasteiger partial charge in [-0.1, -0.05) is 18.2 Å². The molecule has 1 aliphatic carbocycles. The Hall–Kier alpha value is -2.94. The monoisotopic (exact) mass is 448 g/mol. The molecule has 2 heterocycles. The first-order valence-electron chi connectivity index (χ1n) is 10.4. The molecule has 0 aromatic carbocycles. The summed E-state index contributed by atoms with van der Waals surface area (Å²) in [5.41, 5.74) is -0.216.